The summed E-state index contributed by atoms with van der Waals surface area (Å²) in [6.07, 6.45) is 3.60. The molecule has 4 rings (SSSR count). The molecular weight excluding hydrogens is 400 g/mol. The van der Waals surface area contributed by atoms with Crippen LogP contribution < -0.4 is 15.5 Å². The van der Waals surface area contributed by atoms with Crippen LogP contribution >= 0.6 is 0 Å². The van der Waals surface area contributed by atoms with Crippen molar-refractivity contribution in [3.8, 4) is 11.1 Å². The number of benzene rings is 1. The van der Waals surface area contributed by atoms with Crippen molar-refractivity contribution in [3.63, 3.8) is 0 Å². The number of carbonyl (C=O) groups is 1. The summed E-state index contributed by atoms with van der Waals surface area (Å²) in [6, 6.07) is 14.5. The number of amides is 1. The normalized spacial score (nSPS) is 14.3. The molecule has 0 unspecified atom stereocenters. The highest BCUT2D eigenvalue weighted by Crippen LogP contribution is 2.25. The molecule has 1 aromatic carbocycles. The van der Waals surface area contributed by atoms with Crippen molar-refractivity contribution in [3.05, 3.63) is 71.8 Å². The van der Waals surface area contributed by atoms with Crippen molar-refractivity contribution in [1.29, 1.82) is 0 Å². The lowest BCUT2D eigenvalue weighted by Crippen LogP contribution is -2.44. The van der Waals surface area contributed by atoms with Crippen molar-refractivity contribution in [1.82, 2.24) is 20.2 Å². The summed E-state index contributed by atoms with van der Waals surface area (Å²) < 4.78 is 0. The van der Waals surface area contributed by atoms with E-state index in [0.717, 1.165) is 48.7 Å². The van der Waals surface area contributed by atoms with Gasteiger partial charge in [0.25, 0.3) is 5.91 Å². The molecule has 166 valence electrons. The topological polar surface area (TPSA) is 73.4 Å². The predicted octanol–water partition coefficient (Wildman–Crippen LogP) is 3.18. The van der Waals surface area contributed by atoms with Gasteiger partial charge < -0.3 is 20.4 Å². The van der Waals surface area contributed by atoms with Crippen molar-refractivity contribution in [2.45, 2.75) is 13.5 Å². The number of aromatic nitrogens is 2. The average Bonchev–Trinajstić information content (AvgIpc) is 2.84. The zero-order chi connectivity index (χ0) is 22.5. The quantitative estimate of drug-likeness (QED) is 0.626. The van der Waals surface area contributed by atoms with Crippen LogP contribution in [-0.2, 0) is 6.54 Å². The summed E-state index contributed by atoms with van der Waals surface area (Å²) in [5.41, 5.74) is 6.94. The van der Waals surface area contributed by atoms with Gasteiger partial charge >= 0.3 is 0 Å². The van der Waals surface area contributed by atoms with Gasteiger partial charge in [-0.2, -0.15) is 0 Å². The minimum absolute atomic E-state index is 0.193. The molecule has 3 heterocycles. The predicted molar refractivity (Wildman–Crippen MR) is 129 cm³/mol. The second kappa shape index (κ2) is 9.78. The molecule has 2 aromatic heterocycles. The Labute approximate surface area is 189 Å². The van der Waals surface area contributed by atoms with Crippen LogP contribution in [0.5, 0.6) is 0 Å². The number of hydrogen-bond acceptors (Lipinski definition) is 6. The minimum Gasteiger partial charge on any atom is -0.378 e. The van der Waals surface area contributed by atoms with E-state index in [1.807, 2.05) is 12.3 Å². The van der Waals surface area contributed by atoms with Gasteiger partial charge in [-0.05, 0) is 55.4 Å². The third-order valence-corrected chi connectivity index (χ3v) is 5.94. The van der Waals surface area contributed by atoms with Crippen LogP contribution in [0.4, 0.5) is 11.4 Å². The molecule has 1 aliphatic rings. The summed E-state index contributed by atoms with van der Waals surface area (Å²) in [5, 5.41) is 5.90. The van der Waals surface area contributed by atoms with Crippen molar-refractivity contribution >= 4 is 17.3 Å². The SMILES string of the molecule is CNC(=O)c1ccc(NCc2ncc(-c3ccc(N4CCN(C)CC4)cc3)cc2C)cn1. The van der Waals surface area contributed by atoms with Gasteiger partial charge in [0, 0.05) is 50.7 Å². The lowest BCUT2D eigenvalue weighted by Gasteiger charge is -2.34. The molecule has 1 amide bonds. The van der Waals surface area contributed by atoms with Crippen molar-refractivity contribution in [2.24, 2.45) is 0 Å². The summed E-state index contributed by atoms with van der Waals surface area (Å²) in [4.78, 5) is 25.3. The van der Waals surface area contributed by atoms with Crippen LogP contribution in [0, 0.1) is 6.92 Å². The van der Waals surface area contributed by atoms with Gasteiger partial charge in [0.05, 0.1) is 24.1 Å². The van der Waals surface area contributed by atoms with E-state index in [0.29, 0.717) is 12.2 Å². The highest BCUT2D eigenvalue weighted by Gasteiger charge is 2.14. The Hall–Kier alpha value is -3.45. The monoisotopic (exact) mass is 430 g/mol. The second-order valence-electron chi connectivity index (χ2n) is 8.19. The molecule has 3 aromatic rings. The van der Waals surface area contributed by atoms with Crippen LogP contribution in [0.3, 0.4) is 0 Å². The van der Waals surface area contributed by atoms with Gasteiger partial charge in [-0.25, -0.2) is 4.98 Å². The van der Waals surface area contributed by atoms with Crippen LogP contribution in [0.1, 0.15) is 21.7 Å². The number of piperazine rings is 1. The maximum Gasteiger partial charge on any atom is 0.269 e. The van der Waals surface area contributed by atoms with Crippen LogP contribution in [-0.4, -0.2) is 61.0 Å². The van der Waals surface area contributed by atoms with E-state index in [1.54, 1.807) is 19.3 Å². The zero-order valence-corrected chi connectivity index (χ0v) is 18.9. The minimum atomic E-state index is -0.193. The number of rotatable bonds is 6. The third-order valence-electron chi connectivity index (χ3n) is 5.94. The molecule has 0 spiro atoms. The average molecular weight is 431 g/mol. The largest absolute Gasteiger partial charge is 0.378 e. The van der Waals surface area contributed by atoms with E-state index in [1.165, 1.54) is 11.3 Å². The Morgan fingerprint density at radius 3 is 2.34 bits per heavy atom. The fourth-order valence-electron chi connectivity index (χ4n) is 3.82. The Morgan fingerprint density at radius 1 is 0.969 bits per heavy atom. The van der Waals surface area contributed by atoms with Crippen LogP contribution in [0.15, 0.2) is 54.9 Å². The fraction of sp³-hybridized carbons (Fsp3) is 0.320. The number of likely N-dealkylation sites (N-methyl/N-ethyl adjacent to an activating group) is 1. The van der Waals surface area contributed by atoms with E-state index in [9.17, 15) is 4.79 Å². The third kappa shape index (κ3) is 5.06. The molecule has 7 heteroatoms. The number of pyridine rings is 2. The molecule has 1 fully saturated rings. The highest BCUT2D eigenvalue weighted by molar-refractivity contribution is 5.92. The van der Waals surface area contributed by atoms with E-state index in [4.69, 9.17) is 0 Å². The Kier molecular flexibility index (Phi) is 6.66. The summed E-state index contributed by atoms with van der Waals surface area (Å²) >= 11 is 0. The highest BCUT2D eigenvalue weighted by atomic mass is 16.1. The molecule has 0 radical (unpaired) electrons. The number of hydrogen-bond donors (Lipinski definition) is 2. The van der Waals surface area contributed by atoms with Crippen molar-refractivity contribution in [2.75, 3.05) is 50.5 Å². The number of carbonyl (C=O) groups excluding carboxylic acids is 1. The van der Waals surface area contributed by atoms with Crippen LogP contribution in [0.25, 0.3) is 11.1 Å². The summed E-state index contributed by atoms with van der Waals surface area (Å²) in [5.74, 6) is -0.193. The lowest BCUT2D eigenvalue weighted by atomic mass is 10.0. The Morgan fingerprint density at radius 2 is 1.72 bits per heavy atom. The number of nitrogens with zero attached hydrogens (tertiary/aromatic N) is 4. The number of nitrogens with one attached hydrogen (secondary N) is 2. The van der Waals surface area contributed by atoms with E-state index >= 15 is 0 Å². The molecule has 1 aliphatic heterocycles. The number of aryl methyl sites for hydroxylation is 1. The first-order chi connectivity index (χ1) is 15.5. The van der Waals surface area contributed by atoms with Gasteiger partial charge in [-0.15, -0.1) is 0 Å². The molecular formula is C25H30N6O. The van der Waals surface area contributed by atoms with Gasteiger partial charge in [0.2, 0.25) is 0 Å². The first kappa shape index (κ1) is 21.8. The van der Waals surface area contributed by atoms with Gasteiger partial charge in [-0.1, -0.05) is 12.1 Å². The maximum absolute atomic E-state index is 11.6. The molecule has 0 aliphatic carbocycles. The molecule has 0 atom stereocenters. The van der Waals surface area contributed by atoms with E-state index in [-0.39, 0.29) is 5.91 Å². The molecule has 32 heavy (non-hydrogen) atoms. The number of anilines is 2. The second-order valence-corrected chi connectivity index (χ2v) is 8.19. The fourth-order valence-corrected chi connectivity index (χ4v) is 3.82. The Balaban J connectivity index is 1.39. The molecule has 2 N–H and O–H groups in total. The van der Waals surface area contributed by atoms with E-state index in [2.05, 4.69) is 74.7 Å². The first-order valence-electron chi connectivity index (χ1n) is 10.9. The van der Waals surface area contributed by atoms with Gasteiger partial charge in [0.1, 0.15) is 5.69 Å². The molecule has 0 bridgehead atoms. The Bertz CT molecular complexity index is 1060. The van der Waals surface area contributed by atoms with Crippen LogP contribution in [0.2, 0.25) is 0 Å². The molecule has 7 nitrogen and oxygen atoms in total. The maximum atomic E-state index is 11.6. The molecule has 1 saturated heterocycles. The smallest absolute Gasteiger partial charge is 0.269 e. The standard InChI is InChI=1S/C25H30N6O/c1-18-14-20(19-4-7-22(8-5-19)31-12-10-30(3)11-13-31)15-28-24(18)17-27-21-6-9-23(29-16-21)25(32)26-2/h4-9,14-16,27H,10-13,17H2,1-3H3,(H,26,32). The zero-order valence-electron chi connectivity index (χ0n) is 18.9. The van der Waals surface area contributed by atoms with Gasteiger partial charge in [0.15, 0.2) is 0 Å². The van der Waals surface area contributed by atoms with Crippen molar-refractivity contribution < 1.29 is 4.79 Å². The lowest BCUT2D eigenvalue weighted by molar-refractivity contribution is 0.0958. The van der Waals surface area contributed by atoms with Gasteiger partial charge in [-0.3, -0.25) is 9.78 Å². The van der Waals surface area contributed by atoms with E-state index < -0.39 is 0 Å². The molecule has 0 saturated carbocycles. The first-order valence-corrected chi connectivity index (χ1v) is 10.9. The summed E-state index contributed by atoms with van der Waals surface area (Å²) in [6.45, 7) is 7.03. The summed E-state index contributed by atoms with van der Waals surface area (Å²) in [7, 11) is 3.77.